The van der Waals surface area contributed by atoms with Gasteiger partial charge in [-0.1, -0.05) is 60.8 Å². The minimum Gasteiger partial charge on any atom is -0.480 e. The lowest BCUT2D eigenvalue weighted by atomic mass is 9.66. The monoisotopic (exact) mass is 444 g/mol. The van der Waals surface area contributed by atoms with Crippen LogP contribution in [0.5, 0.6) is 0 Å². The molecule has 0 aromatic heterocycles. The van der Waals surface area contributed by atoms with Crippen LogP contribution in [-0.4, -0.2) is 39.8 Å². The van der Waals surface area contributed by atoms with Gasteiger partial charge in [-0.05, 0) is 60.3 Å². The Morgan fingerprint density at radius 3 is 2.45 bits per heavy atom. The zero-order valence-electron chi connectivity index (χ0n) is 17.5. The molecule has 6 N–H and O–H groups in total. The molecule has 0 aliphatic heterocycles. The van der Waals surface area contributed by atoms with Crippen LogP contribution in [0.2, 0.25) is 11.3 Å². The van der Waals surface area contributed by atoms with Crippen LogP contribution >= 0.6 is 11.6 Å². The van der Waals surface area contributed by atoms with Gasteiger partial charge < -0.3 is 26.2 Å². The minimum atomic E-state index is -1.36. The maximum atomic E-state index is 11.8. The van der Waals surface area contributed by atoms with Crippen molar-refractivity contribution in [3.8, 4) is 11.1 Å². The Balaban J connectivity index is 1.54. The van der Waals surface area contributed by atoms with Crippen molar-refractivity contribution in [3.63, 3.8) is 0 Å². The number of halogens is 1. The molecule has 3 rings (SSSR count). The second-order valence-electron chi connectivity index (χ2n) is 8.48. The van der Waals surface area contributed by atoms with Crippen molar-refractivity contribution in [3.05, 3.63) is 59.1 Å². The third-order valence-electron chi connectivity index (χ3n) is 6.32. The van der Waals surface area contributed by atoms with Crippen LogP contribution in [0.4, 0.5) is 0 Å². The lowest BCUT2D eigenvalue weighted by molar-refractivity contribution is -0.148. The van der Waals surface area contributed by atoms with Gasteiger partial charge in [0.15, 0.2) is 0 Å². The van der Waals surface area contributed by atoms with E-state index < -0.39 is 18.6 Å². The zero-order valence-corrected chi connectivity index (χ0v) is 18.3. The van der Waals surface area contributed by atoms with Gasteiger partial charge in [0.25, 0.3) is 0 Å². The highest BCUT2D eigenvalue weighted by molar-refractivity contribution is 6.40. The fraction of sp³-hybridized carbons (Fsp3) is 0.435. The first-order valence-corrected chi connectivity index (χ1v) is 11.1. The largest absolute Gasteiger partial charge is 0.480 e. The van der Waals surface area contributed by atoms with Crippen LogP contribution in [0.25, 0.3) is 11.1 Å². The number of nitrogens with two attached hydrogens (primary N) is 1. The smallest absolute Gasteiger partial charge is 0.451 e. The Kier molecular flexibility index (Phi) is 8.14. The summed E-state index contributed by atoms with van der Waals surface area (Å²) in [4.78, 5) is 11.8. The van der Waals surface area contributed by atoms with Gasteiger partial charge in [0.05, 0.1) is 0 Å². The number of aliphatic carboxylic acids is 1. The van der Waals surface area contributed by atoms with Gasteiger partial charge in [-0.2, -0.15) is 0 Å². The topological polar surface area (TPSA) is 116 Å². The Morgan fingerprint density at radius 2 is 1.81 bits per heavy atom. The van der Waals surface area contributed by atoms with Crippen LogP contribution in [0.1, 0.15) is 37.7 Å². The molecule has 1 saturated carbocycles. The average molecular weight is 445 g/mol. The number of carboxylic acids is 1. The first kappa shape index (κ1) is 23.8. The molecule has 0 bridgehead atoms. The highest BCUT2D eigenvalue weighted by Gasteiger charge is 2.48. The van der Waals surface area contributed by atoms with Gasteiger partial charge in [0.1, 0.15) is 5.54 Å². The highest BCUT2D eigenvalue weighted by Crippen LogP contribution is 2.38. The first-order chi connectivity index (χ1) is 14.8. The molecule has 1 aliphatic rings. The summed E-state index contributed by atoms with van der Waals surface area (Å²) in [6.45, 7) is 0.690. The molecule has 2 aromatic carbocycles. The Hall–Kier alpha value is -1.90. The molecule has 0 saturated heterocycles. The molecule has 166 valence electrons. The Bertz CT molecular complexity index is 874. The third kappa shape index (κ3) is 6.08. The standard InChI is InChI=1S/C23H30BClN2O4/c25-19-9-7-16(8-10-19)21-6-2-1-5-17(21)15-27-20-13-18(14-20)23(26,22(28)29)11-3-4-12-24(30)31/h1-2,5-10,18,20,27,30-31H,3-4,11-15,26H2,(H,28,29). The van der Waals surface area contributed by atoms with Crippen molar-refractivity contribution in [1.29, 1.82) is 0 Å². The van der Waals surface area contributed by atoms with Gasteiger partial charge >= 0.3 is 13.1 Å². The molecule has 6 nitrogen and oxygen atoms in total. The summed E-state index contributed by atoms with van der Waals surface area (Å²) in [7, 11) is -1.36. The van der Waals surface area contributed by atoms with Crippen molar-refractivity contribution in [2.75, 3.05) is 0 Å². The molecule has 8 heteroatoms. The van der Waals surface area contributed by atoms with E-state index >= 15 is 0 Å². The summed E-state index contributed by atoms with van der Waals surface area (Å²) in [5.74, 6) is -1.07. The van der Waals surface area contributed by atoms with Crippen molar-refractivity contribution < 1.29 is 19.9 Å². The third-order valence-corrected chi connectivity index (χ3v) is 6.57. The predicted octanol–water partition coefficient (Wildman–Crippen LogP) is 3.30. The second-order valence-corrected chi connectivity index (χ2v) is 8.92. The fourth-order valence-electron chi connectivity index (χ4n) is 4.28. The lowest BCUT2D eigenvalue weighted by Crippen LogP contribution is -2.61. The second kappa shape index (κ2) is 10.6. The van der Waals surface area contributed by atoms with Gasteiger partial charge in [-0.3, -0.25) is 4.79 Å². The van der Waals surface area contributed by atoms with Crippen LogP contribution in [0, 0.1) is 5.92 Å². The quantitative estimate of drug-likeness (QED) is 0.268. The van der Waals surface area contributed by atoms with E-state index in [1.165, 1.54) is 5.56 Å². The van der Waals surface area contributed by atoms with Crippen molar-refractivity contribution in [1.82, 2.24) is 5.32 Å². The fourth-order valence-corrected chi connectivity index (χ4v) is 4.40. The SMILES string of the molecule is NC(CCCCB(O)O)(C(=O)O)C1CC(NCc2ccccc2-c2ccc(Cl)cc2)C1. The molecule has 0 radical (unpaired) electrons. The van der Waals surface area contributed by atoms with Crippen LogP contribution in [0.3, 0.4) is 0 Å². The van der Waals surface area contributed by atoms with Crippen molar-refractivity contribution in [2.24, 2.45) is 11.7 Å². The number of carbonyl (C=O) groups is 1. The summed E-state index contributed by atoms with van der Waals surface area (Å²) in [6.07, 6.45) is 3.11. The molecule has 31 heavy (non-hydrogen) atoms. The molecule has 0 spiro atoms. The van der Waals surface area contributed by atoms with E-state index in [0.717, 1.165) is 11.1 Å². The van der Waals surface area contributed by atoms with Gasteiger partial charge in [0, 0.05) is 17.6 Å². The van der Waals surface area contributed by atoms with Crippen molar-refractivity contribution >= 4 is 24.7 Å². The van der Waals surface area contributed by atoms with Crippen LogP contribution in [-0.2, 0) is 11.3 Å². The molecule has 0 amide bonds. The molecule has 1 fully saturated rings. The normalized spacial score (nSPS) is 20.0. The molecular formula is C23H30BClN2O4. The number of hydrogen-bond donors (Lipinski definition) is 5. The van der Waals surface area contributed by atoms with E-state index in [4.69, 9.17) is 27.4 Å². The Labute approximate surface area is 188 Å². The van der Waals surface area contributed by atoms with Gasteiger partial charge in [0.2, 0.25) is 0 Å². The molecular weight excluding hydrogens is 415 g/mol. The molecule has 1 unspecified atom stereocenters. The summed E-state index contributed by atoms with van der Waals surface area (Å²) in [6, 6.07) is 16.2. The maximum absolute atomic E-state index is 11.8. The highest BCUT2D eigenvalue weighted by atomic mass is 35.5. The van der Waals surface area contributed by atoms with E-state index in [1.807, 2.05) is 36.4 Å². The lowest BCUT2D eigenvalue weighted by Gasteiger charge is -2.45. The van der Waals surface area contributed by atoms with Gasteiger partial charge in [-0.15, -0.1) is 0 Å². The summed E-state index contributed by atoms with van der Waals surface area (Å²) >= 11 is 6.01. The predicted molar refractivity (Wildman–Crippen MR) is 124 cm³/mol. The number of carboxylic acid groups (broad SMARTS) is 1. The van der Waals surface area contributed by atoms with Gasteiger partial charge in [-0.25, -0.2) is 0 Å². The van der Waals surface area contributed by atoms with E-state index in [1.54, 1.807) is 0 Å². The summed E-state index contributed by atoms with van der Waals surface area (Å²) in [5.41, 5.74) is 8.44. The van der Waals surface area contributed by atoms with E-state index in [0.29, 0.717) is 43.7 Å². The van der Waals surface area contributed by atoms with Crippen molar-refractivity contribution in [2.45, 2.75) is 56.5 Å². The zero-order chi connectivity index (χ0) is 22.4. The number of hydrogen-bond acceptors (Lipinski definition) is 5. The molecule has 1 aliphatic carbocycles. The number of benzene rings is 2. The van der Waals surface area contributed by atoms with E-state index in [2.05, 4.69) is 17.4 Å². The minimum absolute atomic E-state index is 0.0898. The summed E-state index contributed by atoms with van der Waals surface area (Å²) < 4.78 is 0. The van der Waals surface area contributed by atoms with E-state index in [-0.39, 0.29) is 18.3 Å². The number of rotatable bonds is 11. The van der Waals surface area contributed by atoms with Crippen LogP contribution in [0.15, 0.2) is 48.5 Å². The van der Waals surface area contributed by atoms with E-state index in [9.17, 15) is 9.90 Å². The maximum Gasteiger partial charge on any atom is 0.451 e. The summed E-state index contributed by atoms with van der Waals surface area (Å²) in [5, 5.41) is 31.8. The number of nitrogens with one attached hydrogen (secondary N) is 1. The molecule has 1 atom stereocenters. The molecule has 0 heterocycles. The average Bonchev–Trinajstić information content (AvgIpc) is 2.71. The first-order valence-electron chi connectivity index (χ1n) is 10.7. The number of unbranched alkanes of at least 4 members (excludes halogenated alkanes) is 1. The Morgan fingerprint density at radius 1 is 1.13 bits per heavy atom. The van der Waals surface area contributed by atoms with Crippen LogP contribution < -0.4 is 11.1 Å². The molecule has 2 aromatic rings.